The zero-order chi connectivity index (χ0) is 3.41. The Balaban J connectivity index is 2.43. The standard InChI is InChI=1S/C3H3As/c1-2-3-4/h1H,3H2. The van der Waals surface area contributed by atoms with Crippen molar-refractivity contribution >= 4 is 16.9 Å². The van der Waals surface area contributed by atoms with Crippen LogP contribution in [0.25, 0.3) is 0 Å². The Morgan fingerprint density at radius 1 is 2.00 bits per heavy atom. The van der Waals surface area contributed by atoms with Crippen LogP contribution in [0.3, 0.4) is 0 Å². The summed E-state index contributed by atoms with van der Waals surface area (Å²) in [6.45, 7) is 0. The van der Waals surface area contributed by atoms with E-state index in [0.29, 0.717) is 0 Å². The van der Waals surface area contributed by atoms with E-state index in [-0.39, 0.29) is 0 Å². The van der Waals surface area contributed by atoms with Crippen LogP contribution in [-0.2, 0) is 0 Å². The molecule has 0 aromatic rings. The second kappa shape index (κ2) is 3.12. The van der Waals surface area contributed by atoms with Crippen molar-refractivity contribution in [2.75, 3.05) is 0 Å². The Morgan fingerprint density at radius 3 is 2.25 bits per heavy atom. The van der Waals surface area contributed by atoms with Crippen LogP contribution in [0.1, 0.15) is 0 Å². The number of hydrogen-bond donors (Lipinski definition) is 0. The molecule has 0 bridgehead atoms. The van der Waals surface area contributed by atoms with Gasteiger partial charge in [0.2, 0.25) is 0 Å². The molecule has 0 amide bonds. The van der Waals surface area contributed by atoms with Crippen molar-refractivity contribution in [3.63, 3.8) is 0 Å². The molecular weight excluding hydrogens is 111 g/mol. The molecule has 0 rings (SSSR count). The van der Waals surface area contributed by atoms with Crippen LogP contribution in [0.2, 0.25) is 5.21 Å². The van der Waals surface area contributed by atoms with Gasteiger partial charge in [0, 0.05) is 0 Å². The summed E-state index contributed by atoms with van der Waals surface area (Å²) in [5.74, 6) is 2.40. The quantitative estimate of drug-likeness (QED) is 0.312. The fourth-order valence-corrected chi connectivity index (χ4v) is 0. The van der Waals surface area contributed by atoms with Crippen LogP contribution in [-0.4, -0.2) is 16.9 Å². The minimum absolute atomic E-state index is 0.785. The fraction of sp³-hybridized carbons (Fsp3) is 0.333. The topological polar surface area (TPSA) is 0 Å². The van der Waals surface area contributed by atoms with Gasteiger partial charge in [-0.1, -0.05) is 0 Å². The molecule has 0 heterocycles. The van der Waals surface area contributed by atoms with E-state index in [1.54, 1.807) is 0 Å². The molecule has 0 atom stereocenters. The van der Waals surface area contributed by atoms with E-state index < -0.39 is 0 Å². The van der Waals surface area contributed by atoms with Gasteiger partial charge in [-0.15, -0.1) is 0 Å². The summed E-state index contributed by atoms with van der Waals surface area (Å²) < 4.78 is 0. The normalized spacial score (nSPS) is 5.00. The molecule has 20 valence electrons. The fourth-order valence-electron chi connectivity index (χ4n) is 0. The average molecular weight is 114 g/mol. The first-order chi connectivity index (χ1) is 1.91. The van der Waals surface area contributed by atoms with Gasteiger partial charge in [-0.05, 0) is 0 Å². The molecule has 0 unspecified atom stereocenters. The number of terminal acetylenes is 1. The van der Waals surface area contributed by atoms with Crippen molar-refractivity contribution in [2.45, 2.75) is 5.21 Å². The Hall–Kier alpha value is 0.118. The van der Waals surface area contributed by atoms with Crippen LogP contribution < -0.4 is 0 Å². The third-order valence-corrected chi connectivity index (χ3v) is 0.474. The van der Waals surface area contributed by atoms with E-state index in [1.165, 1.54) is 0 Å². The Morgan fingerprint density at radius 2 is 2.25 bits per heavy atom. The van der Waals surface area contributed by atoms with E-state index in [1.807, 2.05) is 0 Å². The van der Waals surface area contributed by atoms with Crippen LogP contribution in [0.4, 0.5) is 0 Å². The molecule has 0 fully saturated rings. The van der Waals surface area contributed by atoms with Crippen molar-refractivity contribution < 1.29 is 0 Å². The second-order valence-electron chi connectivity index (χ2n) is 0.362. The Kier molecular flexibility index (Phi) is 3.21. The summed E-state index contributed by atoms with van der Waals surface area (Å²) >= 11 is 2.30. The number of rotatable bonds is 0. The summed E-state index contributed by atoms with van der Waals surface area (Å²) in [6.07, 6.45) is 4.76. The van der Waals surface area contributed by atoms with Gasteiger partial charge >= 0.3 is 34.4 Å². The van der Waals surface area contributed by atoms with Crippen molar-refractivity contribution in [1.29, 1.82) is 0 Å². The van der Waals surface area contributed by atoms with Crippen molar-refractivity contribution in [3.8, 4) is 12.3 Å². The van der Waals surface area contributed by atoms with Crippen LogP contribution in [0.15, 0.2) is 0 Å². The summed E-state index contributed by atoms with van der Waals surface area (Å²) in [5, 5.41) is 0.785. The summed E-state index contributed by atoms with van der Waals surface area (Å²) in [7, 11) is 0. The first kappa shape index (κ1) is 4.12. The van der Waals surface area contributed by atoms with E-state index in [9.17, 15) is 0 Å². The molecule has 0 aliphatic rings. The van der Waals surface area contributed by atoms with Gasteiger partial charge < -0.3 is 0 Å². The van der Waals surface area contributed by atoms with E-state index in [0.717, 1.165) is 5.21 Å². The minimum atomic E-state index is 0.785. The summed E-state index contributed by atoms with van der Waals surface area (Å²) in [6, 6.07) is 0. The predicted molar refractivity (Wildman–Crippen MR) is 19.4 cm³/mol. The molecular formula is C3H3As. The maximum atomic E-state index is 4.76. The molecule has 0 aliphatic heterocycles. The monoisotopic (exact) mass is 114 g/mol. The van der Waals surface area contributed by atoms with Crippen LogP contribution >= 0.6 is 0 Å². The molecule has 0 saturated heterocycles. The van der Waals surface area contributed by atoms with Crippen molar-refractivity contribution in [2.24, 2.45) is 0 Å². The molecule has 2 radical (unpaired) electrons. The maximum absolute atomic E-state index is 4.76. The molecule has 0 spiro atoms. The molecule has 4 heavy (non-hydrogen) atoms. The molecule has 0 nitrogen and oxygen atoms in total. The third kappa shape index (κ3) is 2.12. The Bertz CT molecular complexity index is 33.0. The van der Waals surface area contributed by atoms with E-state index in [2.05, 4.69) is 22.8 Å². The first-order valence-electron chi connectivity index (χ1n) is 0.958. The van der Waals surface area contributed by atoms with Gasteiger partial charge in [0.1, 0.15) is 0 Å². The molecule has 0 aromatic heterocycles. The summed E-state index contributed by atoms with van der Waals surface area (Å²) in [4.78, 5) is 0. The van der Waals surface area contributed by atoms with Gasteiger partial charge in [0.15, 0.2) is 0 Å². The second-order valence-corrected chi connectivity index (χ2v) is 1.03. The van der Waals surface area contributed by atoms with Gasteiger partial charge in [0.25, 0.3) is 0 Å². The van der Waals surface area contributed by atoms with Crippen molar-refractivity contribution in [1.82, 2.24) is 0 Å². The van der Waals surface area contributed by atoms with Crippen molar-refractivity contribution in [3.05, 3.63) is 0 Å². The molecule has 0 aliphatic carbocycles. The summed E-state index contributed by atoms with van der Waals surface area (Å²) in [5.41, 5.74) is 0. The first-order valence-corrected chi connectivity index (χ1v) is 2.29. The van der Waals surface area contributed by atoms with Crippen LogP contribution in [0, 0.1) is 12.3 Å². The number of hydrogen-bond acceptors (Lipinski definition) is 0. The van der Waals surface area contributed by atoms with Crippen LogP contribution in [0.5, 0.6) is 0 Å². The predicted octanol–water partition coefficient (Wildman–Crippen LogP) is 0.206. The molecule has 0 N–H and O–H groups in total. The molecule has 1 heteroatoms. The average Bonchev–Trinajstić information content (AvgIpc) is 1.37. The van der Waals surface area contributed by atoms with Gasteiger partial charge in [-0.3, -0.25) is 0 Å². The van der Waals surface area contributed by atoms with E-state index in [4.69, 9.17) is 6.42 Å². The zero-order valence-corrected chi connectivity index (χ0v) is 4.11. The van der Waals surface area contributed by atoms with E-state index >= 15 is 0 Å². The SMILES string of the molecule is C#CC[As]. The Labute approximate surface area is 35.1 Å². The van der Waals surface area contributed by atoms with Gasteiger partial charge in [0.05, 0.1) is 0 Å². The molecule has 0 saturated carbocycles. The van der Waals surface area contributed by atoms with Gasteiger partial charge in [-0.2, -0.15) is 0 Å². The van der Waals surface area contributed by atoms with Gasteiger partial charge in [-0.25, -0.2) is 0 Å². The zero-order valence-electron chi connectivity index (χ0n) is 2.23. The third-order valence-electron chi connectivity index (χ3n) is 0.0913. The molecule has 0 aromatic carbocycles.